The van der Waals surface area contributed by atoms with Gasteiger partial charge in [-0.15, -0.1) is 24.8 Å². The summed E-state index contributed by atoms with van der Waals surface area (Å²) in [5, 5.41) is 9.21. The third-order valence-electron chi connectivity index (χ3n) is 6.31. The molecule has 2 aliphatic rings. The van der Waals surface area contributed by atoms with E-state index in [1.54, 1.807) is 0 Å². The zero-order chi connectivity index (χ0) is 20.9. The van der Waals surface area contributed by atoms with Gasteiger partial charge in [0.15, 0.2) is 0 Å². The van der Waals surface area contributed by atoms with Crippen molar-refractivity contribution in [3.05, 3.63) is 36.4 Å². The number of nitrogens with zero attached hydrogens (tertiary/aromatic N) is 2. The van der Waals surface area contributed by atoms with Gasteiger partial charge in [0.05, 0.1) is 11.0 Å². The first-order chi connectivity index (χ1) is 15.3. The van der Waals surface area contributed by atoms with Crippen LogP contribution in [-0.2, 0) is 0 Å². The van der Waals surface area contributed by atoms with Gasteiger partial charge in [-0.05, 0) is 24.3 Å². The number of hydrogen-bond acceptors (Lipinski definition) is 6. The predicted octanol–water partition coefficient (Wildman–Crippen LogP) is 2.73. The van der Waals surface area contributed by atoms with Gasteiger partial charge in [-0.3, -0.25) is 9.80 Å². The van der Waals surface area contributed by atoms with Crippen molar-refractivity contribution in [2.75, 3.05) is 78.7 Å². The molecule has 3 N–H and O–H groups in total. The van der Waals surface area contributed by atoms with Gasteiger partial charge in [0.2, 0.25) is 0 Å². The van der Waals surface area contributed by atoms with E-state index in [4.69, 9.17) is 9.47 Å². The van der Waals surface area contributed by atoms with Crippen molar-refractivity contribution in [2.45, 2.75) is 0 Å². The first-order valence-corrected chi connectivity index (χ1v) is 11.5. The van der Waals surface area contributed by atoms with E-state index in [1.807, 2.05) is 0 Å². The van der Waals surface area contributed by atoms with Crippen LogP contribution in [0.15, 0.2) is 36.4 Å². The van der Waals surface area contributed by atoms with Crippen molar-refractivity contribution in [3.8, 4) is 11.5 Å². The summed E-state index contributed by atoms with van der Waals surface area (Å²) in [4.78, 5) is 8.43. The molecule has 7 nitrogen and oxygen atoms in total. The Balaban J connectivity index is 0.00000153. The monoisotopic (exact) mass is 495 g/mol. The van der Waals surface area contributed by atoms with E-state index in [0.717, 1.165) is 101 Å². The molecule has 0 unspecified atom stereocenters. The van der Waals surface area contributed by atoms with Gasteiger partial charge in [0.25, 0.3) is 0 Å². The second-order valence-corrected chi connectivity index (χ2v) is 8.42. The van der Waals surface area contributed by atoms with E-state index < -0.39 is 0 Å². The number of nitrogens with one attached hydrogen (secondary N) is 3. The van der Waals surface area contributed by atoms with Crippen molar-refractivity contribution in [1.82, 2.24) is 25.4 Å². The fourth-order valence-corrected chi connectivity index (χ4v) is 4.50. The Bertz CT molecular complexity index is 925. The largest absolute Gasteiger partial charge is 0.492 e. The van der Waals surface area contributed by atoms with E-state index in [-0.39, 0.29) is 24.8 Å². The molecule has 5 rings (SSSR count). The van der Waals surface area contributed by atoms with Crippen molar-refractivity contribution in [2.24, 2.45) is 0 Å². The van der Waals surface area contributed by atoms with E-state index in [0.29, 0.717) is 0 Å². The standard InChI is InChI=1S/C24H33N5O2.2ClH/c1-3-21-22-4-2-20(31-16-14-29-11-7-26-8-12-29)18-24(22)27-23(21)17-19(1)30-15-13-28-9-5-25-6-10-28;;/h1-4,17-18,25-27H,5-16H2;2*1H. The number of hydrogen-bond donors (Lipinski definition) is 3. The molecule has 0 saturated carbocycles. The van der Waals surface area contributed by atoms with Gasteiger partial charge in [-0.1, -0.05) is 0 Å². The van der Waals surface area contributed by atoms with Crippen LogP contribution in [0.25, 0.3) is 21.8 Å². The number of ether oxygens (including phenoxy) is 2. The lowest BCUT2D eigenvalue weighted by Crippen LogP contribution is -2.44. The summed E-state index contributed by atoms with van der Waals surface area (Å²) >= 11 is 0. The predicted molar refractivity (Wildman–Crippen MR) is 140 cm³/mol. The summed E-state index contributed by atoms with van der Waals surface area (Å²) in [7, 11) is 0. The Hall–Kier alpha value is -1.74. The smallest absolute Gasteiger partial charge is 0.121 e. The molecule has 1 aromatic heterocycles. The Morgan fingerprint density at radius 3 is 1.48 bits per heavy atom. The average Bonchev–Trinajstić information content (AvgIpc) is 3.17. The summed E-state index contributed by atoms with van der Waals surface area (Å²) < 4.78 is 12.1. The average molecular weight is 496 g/mol. The van der Waals surface area contributed by atoms with E-state index >= 15 is 0 Å². The number of fused-ring (bicyclic) bond motifs is 3. The summed E-state index contributed by atoms with van der Waals surface area (Å²) in [6.07, 6.45) is 0. The number of aromatic nitrogens is 1. The Kier molecular flexibility index (Phi) is 9.92. The van der Waals surface area contributed by atoms with E-state index in [2.05, 4.69) is 61.8 Å². The third-order valence-corrected chi connectivity index (χ3v) is 6.31. The Morgan fingerprint density at radius 2 is 1.06 bits per heavy atom. The van der Waals surface area contributed by atoms with E-state index in [9.17, 15) is 0 Å². The van der Waals surface area contributed by atoms with Crippen LogP contribution in [-0.4, -0.2) is 93.4 Å². The lowest BCUT2D eigenvalue weighted by Gasteiger charge is -2.26. The third kappa shape index (κ3) is 6.66. The second kappa shape index (κ2) is 12.6. The summed E-state index contributed by atoms with van der Waals surface area (Å²) in [5.74, 6) is 1.84. The fourth-order valence-electron chi connectivity index (χ4n) is 4.50. The molecule has 3 heterocycles. The summed E-state index contributed by atoms with van der Waals surface area (Å²) in [6.45, 7) is 12.1. The molecule has 2 aromatic carbocycles. The molecule has 2 fully saturated rings. The van der Waals surface area contributed by atoms with Crippen molar-refractivity contribution < 1.29 is 9.47 Å². The maximum Gasteiger partial charge on any atom is 0.121 e. The molecule has 0 atom stereocenters. The molecular weight excluding hydrogens is 461 g/mol. The molecule has 0 amide bonds. The van der Waals surface area contributed by atoms with Crippen LogP contribution in [0, 0.1) is 0 Å². The topological polar surface area (TPSA) is 64.8 Å². The molecule has 33 heavy (non-hydrogen) atoms. The Morgan fingerprint density at radius 1 is 0.636 bits per heavy atom. The minimum Gasteiger partial charge on any atom is -0.492 e. The van der Waals surface area contributed by atoms with Crippen molar-refractivity contribution >= 4 is 46.6 Å². The quantitative estimate of drug-likeness (QED) is 0.446. The maximum absolute atomic E-state index is 6.03. The molecule has 3 aromatic rings. The molecule has 2 saturated heterocycles. The van der Waals surface area contributed by atoms with Gasteiger partial charge in [-0.25, -0.2) is 0 Å². The van der Waals surface area contributed by atoms with Crippen LogP contribution >= 0.6 is 24.8 Å². The number of piperazine rings is 2. The number of benzene rings is 2. The number of halogens is 2. The normalized spacial score (nSPS) is 17.5. The van der Waals surface area contributed by atoms with E-state index in [1.165, 1.54) is 10.8 Å². The number of H-pyrrole nitrogens is 1. The van der Waals surface area contributed by atoms with Crippen LogP contribution in [0.4, 0.5) is 0 Å². The molecule has 9 heteroatoms. The lowest BCUT2D eigenvalue weighted by molar-refractivity contribution is 0.191. The van der Waals surface area contributed by atoms with Crippen molar-refractivity contribution in [1.29, 1.82) is 0 Å². The zero-order valence-electron chi connectivity index (χ0n) is 19.0. The van der Waals surface area contributed by atoms with Crippen LogP contribution < -0.4 is 20.1 Å². The first kappa shape index (κ1) is 25.9. The molecule has 2 aliphatic heterocycles. The van der Waals surface area contributed by atoms with Gasteiger partial charge in [0.1, 0.15) is 24.7 Å². The zero-order valence-corrected chi connectivity index (χ0v) is 20.6. The summed E-state index contributed by atoms with van der Waals surface area (Å²) in [5.41, 5.74) is 2.21. The van der Waals surface area contributed by atoms with Gasteiger partial charge in [-0.2, -0.15) is 0 Å². The molecule has 0 spiro atoms. The molecule has 182 valence electrons. The summed E-state index contributed by atoms with van der Waals surface area (Å²) in [6, 6.07) is 12.7. The minimum atomic E-state index is 0. The maximum atomic E-state index is 6.03. The SMILES string of the molecule is Cl.Cl.c1cc2c(cc1OCCN1CCNCC1)[nH]c1cc(OCCN3CCNCC3)ccc12. The van der Waals surface area contributed by atoms with Gasteiger partial charge in [0, 0.05) is 88.4 Å². The minimum absolute atomic E-state index is 0. The van der Waals surface area contributed by atoms with Crippen molar-refractivity contribution in [3.63, 3.8) is 0 Å². The highest BCUT2D eigenvalue weighted by Gasteiger charge is 2.11. The first-order valence-electron chi connectivity index (χ1n) is 11.5. The van der Waals surface area contributed by atoms with Gasteiger partial charge >= 0.3 is 0 Å². The van der Waals surface area contributed by atoms with Crippen LogP contribution in [0.3, 0.4) is 0 Å². The Labute approximate surface area is 208 Å². The number of rotatable bonds is 8. The number of aromatic amines is 1. The van der Waals surface area contributed by atoms with Crippen LogP contribution in [0.1, 0.15) is 0 Å². The van der Waals surface area contributed by atoms with Crippen LogP contribution in [0.5, 0.6) is 11.5 Å². The lowest BCUT2D eigenvalue weighted by atomic mass is 10.1. The molecule has 0 bridgehead atoms. The van der Waals surface area contributed by atoms with Gasteiger partial charge < -0.3 is 25.1 Å². The second-order valence-electron chi connectivity index (χ2n) is 8.42. The fraction of sp³-hybridized carbons (Fsp3) is 0.500. The highest BCUT2D eigenvalue weighted by molar-refractivity contribution is 6.07. The molecule has 0 radical (unpaired) electrons. The van der Waals surface area contributed by atoms with Crippen LogP contribution in [0.2, 0.25) is 0 Å². The highest BCUT2D eigenvalue weighted by atomic mass is 35.5. The highest BCUT2D eigenvalue weighted by Crippen LogP contribution is 2.30. The molecule has 0 aliphatic carbocycles. The molecular formula is C24H35Cl2N5O2.